The highest BCUT2D eigenvalue weighted by molar-refractivity contribution is 5.96. The molecule has 2 aromatic heterocycles. The molecule has 8 heteroatoms. The fourth-order valence-corrected chi connectivity index (χ4v) is 4.85. The van der Waals surface area contributed by atoms with E-state index < -0.39 is 0 Å². The van der Waals surface area contributed by atoms with Crippen molar-refractivity contribution in [2.24, 2.45) is 0 Å². The monoisotopic (exact) mass is 444 g/mol. The highest BCUT2D eigenvalue weighted by Crippen LogP contribution is 2.35. The quantitative estimate of drug-likeness (QED) is 0.663. The highest BCUT2D eigenvalue weighted by atomic mass is 16.2. The lowest BCUT2D eigenvalue weighted by molar-refractivity contribution is -0.119. The highest BCUT2D eigenvalue weighted by Gasteiger charge is 2.34. The van der Waals surface area contributed by atoms with Crippen molar-refractivity contribution >= 4 is 17.6 Å². The molecule has 1 saturated heterocycles. The Kier molecular flexibility index (Phi) is 5.66. The minimum atomic E-state index is -0.222. The number of nitrogens with zero attached hydrogens (tertiary/aromatic N) is 5. The molecule has 0 aliphatic carbocycles. The van der Waals surface area contributed by atoms with Gasteiger partial charge in [-0.2, -0.15) is 5.10 Å². The maximum atomic E-state index is 13.3. The van der Waals surface area contributed by atoms with E-state index >= 15 is 0 Å². The molecule has 5 rings (SSSR count). The van der Waals surface area contributed by atoms with Crippen LogP contribution in [0, 0.1) is 13.8 Å². The number of carbonyl (C=O) groups excluding carboxylic acids is 2. The molecular formula is C25H28N6O2. The number of carbonyl (C=O) groups is 2. The summed E-state index contributed by atoms with van der Waals surface area (Å²) in [5.41, 5.74) is 4.30. The van der Waals surface area contributed by atoms with E-state index in [1.54, 1.807) is 11.1 Å². The molecule has 0 radical (unpaired) electrons. The summed E-state index contributed by atoms with van der Waals surface area (Å²) in [5, 5.41) is 6.87. The van der Waals surface area contributed by atoms with Crippen LogP contribution < -0.4 is 4.90 Å². The van der Waals surface area contributed by atoms with Gasteiger partial charge in [0.15, 0.2) is 5.82 Å². The lowest BCUT2D eigenvalue weighted by Crippen LogP contribution is -2.41. The van der Waals surface area contributed by atoms with E-state index in [4.69, 9.17) is 9.97 Å². The van der Waals surface area contributed by atoms with Crippen molar-refractivity contribution in [2.75, 3.05) is 11.4 Å². The predicted molar refractivity (Wildman–Crippen MR) is 124 cm³/mol. The standard InChI is InChI=1S/C25H28N6O2/c1-16-19-11-12-22(32)31(15-18-8-4-3-5-9-18)24(19)28-23(27-16)21-10-6-7-13-30(21)25(33)20-14-26-29-17(20)2/h3-5,8-9,14,21H,6-7,10-13,15H2,1-2H3,(H,26,29)/t21-/m0/s1. The van der Waals surface area contributed by atoms with Crippen LogP contribution in [0.25, 0.3) is 0 Å². The first-order chi connectivity index (χ1) is 16.0. The van der Waals surface area contributed by atoms with Gasteiger partial charge >= 0.3 is 0 Å². The number of hydrogen-bond acceptors (Lipinski definition) is 5. The number of anilines is 1. The van der Waals surface area contributed by atoms with Crippen LogP contribution in [0.4, 0.5) is 5.82 Å². The number of H-pyrrole nitrogens is 1. The van der Waals surface area contributed by atoms with Gasteiger partial charge in [0, 0.05) is 29.9 Å². The largest absolute Gasteiger partial charge is 0.328 e. The molecule has 170 valence electrons. The summed E-state index contributed by atoms with van der Waals surface area (Å²) < 4.78 is 0. The van der Waals surface area contributed by atoms with Gasteiger partial charge in [-0.05, 0) is 45.1 Å². The smallest absolute Gasteiger partial charge is 0.257 e. The van der Waals surface area contributed by atoms with E-state index in [1.807, 2.05) is 49.1 Å². The van der Waals surface area contributed by atoms with Gasteiger partial charge in [0.25, 0.3) is 5.91 Å². The van der Waals surface area contributed by atoms with Crippen molar-refractivity contribution in [1.29, 1.82) is 0 Å². The third kappa shape index (κ3) is 4.01. The lowest BCUT2D eigenvalue weighted by atomic mass is 9.98. The molecule has 0 saturated carbocycles. The van der Waals surface area contributed by atoms with Crippen LogP contribution in [-0.4, -0.2) is 43.4 Å². The maximum absolute atomic E-state index is 13.3. The SMILES string of the molecule is Cc1nc([C@@H]2CCCCN2C(=O)c2cn[nH]c2C)nc2c1CCC(=O)N2Cc1ccccc1. The molecule has 2 amide bonds. The first-order valence-corrected chi connectivity index (χ1v) is 11.6. The Hall–Kier alpha value is -3.55. The van der Waals surface area contributed by atoms with E-state index in [0.717, 1.165) is 41.8 Å². The molecule has 3 aromatic rings. The Labute approximate surface area is 193 Å². The second-order valence-electron chi connectivity index (χ2n) is 8.85. The van der Waals surface area contributed by atoms with E-state index in [2.05, 4.69) is 10.2 Å². The Morgan fingerprint density at radius 3 is 2.70 bits per heavy atom. The van der Waals surface area contributed by atoms with E-state index in [0.29, 0.717) is 43.1 Å². The second-order valence-corrected chi connectivity index (χ2v) is 8.85. The number of aryl methyl sites for hydroxylation is 2. The molecular weight excluding hydrogens is 416 g/mol. The topological polar surface area (TPSA) is 95.1 Å². The van der Waals surface area contributed by atoms with Crippen molar-refractivity contribution in [2.45, 2.75) is 58.5 Å². The first kappa shape index (κ1) is 21.3. The zero-order chi connectivity index (χ0) is 22.9. The van der Waals surface area contributed by atoms with Crippen LogP contribution in [0.3, 0.4) is 0 Å². The Morgan fingerprint density at radius 2 is 1.94 bits per heavy atom. The van der Waals surface area contributed by atoms with Crippen LogP contribution in [-0.2, 0) is 17.8 Å². The Bertz CT molecular complexity index is 1190. The van der Waals surface area contributed by atoms with Gasteiger partial charge in [-0.1, -0.05) is 30.3 Å². The van der Waals surface area contributed by atoms with E-state index in [-0.39, 0.29) is 17.9 Å². The summed E-state index contributed by atoms with van der Waals surface area (Å²) >= 11 is 0. The molecule has 1 atom stereocenters. The summed E-state index contributed by atoms with van der Waals surface area (Å²) in [7, 11) is 0. The second kappa shape index (κ2) is 8.77. The normalized spacial score (nSPS) is 18.4. The van der Waals surface area contributed by atoms with Gasteiger partial charge in [-0.25, -0.2) is 9.97 Å². The summed E-state index contributed by atoms with van der Waals surface area (Å²) in [5.74, 6) is 1.33. The molecule has 0 unspecified atom stereocenters. The Balaban J connectivity index is 1.52. The van der Waals surface area contributed by atoms with E-state index in [1.165, 1.54) is 0 Å². The molecule has 1 aromatic carbocycles. The van der Waals surface area contributed by atoms with Gasteiger partial charge in [0.2, 0.25) is 5.91 Å². The van der Waals surface area contributed by atoms with Crippen molar-refractivity contribution < 1.29 is 9.59 Å². The molecule has 1 N–H and O–H groups in total. The number of likely N-dealkylation sites (tertiary alicyclic amines) is 1. The van der Waals surface area contributed by atoms with Crippen LogP contribution in [0.5, 0.6) is 0 Å². The van der Waals surface area contributed by atoms with Gasteiger partial charge in [0.05, 0.1) is 24.3 Å². The van der Waals surface area contributed by atoms with Crippen molar-refractivity contribution in [3.8, 4) is 0 Å². The maximum Gasteiger partial charge on any atom is 0.257 e. The first-order valence-electron chi connectivity index (χ1n) is 11.6. The third-order valence-electron chi connectivity index (χ3n) is 6.66. The summed E-state index contributed by atoms with van der Waals surface area (Å²) in [6, 6.07) is 9.74. The third-order valence-corrected chi connectivity index (χ3v) is 6.66. The number of benzene rings is 1. The van der Waals surface area contributed by atoms with Crippen LogP contribution >= 0.6 is 0 Å². The minimum absolute atomic E-state index is 0.0536. The van der Waals surface area contributed by atoms with Crippen molar-refractivity contribution in [1.82, 2.24) is 25.1 Å². The lowest BCUT2D eigenvalue weighted by Gasteiger charge is -2.36. The van der Waals surface area contributed by atoms with Crippen molar-refractivity contribution in [3.63, 3.8) is 0 Å². The zero-order valence-electron chi connectivity index (χ0n) is 19.0. The van der Waals surface area contributed by atoms with Gasteiger partial charge < -0.3 is 4.90 Å². The predicted octanol–water partition coefficient (Wildman–Crippen LogP) is 3.66. The molecule has 2 aliphatic heterocycles. The zero-order valence-corrected chi connectivity index (χ0v) is 19.0. The number of fused-ring (bicyclic) bond motifs is 1. The minimum Gasteiger partial charge on any atom is -0.328 e. The van der Waals surface area contributed by atoms with Gasteiger partial charge in [-0.3, -0.25) is 19.6 Å². The molecule has 8 nitrogen and oxygen atoms in total. The summed E-state index contributed by atoms with van der Waals surface area (Å²) in [6.07, 6.45) is 5.44. The summed E-state index contributed by atoms with van der Waals surface area (Å²) in [4.78, 5) is 39.7. The number of aromatic amines is 1. The van der Waals surface area contributed by atoms with E-state index in [9.17, 15) is 9.59 Å². The fraction of sp³-hybridized carbons (Fsp3) is 0.400. The average molecular weight is 445 g/mol. The molecule has 0 bridgehead atoms. The number of piperidine rings is 1. The fourth-order valence-electron chi connectivity index (χ4n) is 4.85. The van der Waals surface area contributed by atoms with Crippen molar-refractivity contribution in [3.05, 3.63) is 70.4 Å². The van der Waals surface area contributed by atoms with Crippen LogP contribution in [0.1, 0.15) is 70.4 Å². The van der Waals surface area contributed by atoms with Crippen LogP contribution in [0.2, 0.25) is 0 Å². The molecule has 33 heavy (non-hydrogen) atoms. The molecule has 4 heterocycles. The number of amides is 2. The Morgan fingerprint density at radius 1 is 1.12 bits per heavy atom. The number of rotatable bonds is 4. The number of hydrogen-bond donors (Lipinski definition) is 1. The number of aromatic nitrogens is 4. The van der Waals surface area contributed by atoms with Gasteiger partial charge in [0.1, 0.15) is 5.82 Å². The number of nitrogens with one attached hydrogen (secondary N) is 1. The molecule has 1 fully saturated rings. The molecule has 0 spiro atoms. The van der Waals surface area contributed by atoms with Gasteiger partial charge in [-0.15, -0.1) is 0 Å². The summed E-state index contributed by atoms with van der Waals surface area (Å²) in [6.45, 7) is 4.96. The van der Waals surface area contributed by atoms with Crippen LogP contribution in [0.15, 0.2) is 36.5 Å². The molecule has 2 aliphatic rings. The average Bonchev–Trinajstić information content (AvgIpc) is 3.27.